The Bertz CT molecular complexity index is 1630. The number of hydrogen-bond acceptors (Lipinski definition) is 8. The molecule has 14 heteroatoms. The number of sulfonamides is 1. The molecule has 0 heterocycles. The van der Waals surface area contributed by atoms with Gasteiger partial charge in [0.15, 0.2) is 11.5 Å². The number of nitrogens with zero attached hydrogens (tertiary/aromatic N) is 2. The number of hydrogen-bond donors (Lipinski definition) is 1. The standard InChI is InChI=1S/C32H39Cl2N3O8S/c1-8-26(32(39)35-20(2)3)36(18-23-24(33)10-9-11-25(23)34)31(38)19-37(27-16-21(42-4)12-14-28(27)43-5)46(40,41)22-13-15-29(44-6)30(17-22)45-7/h9-17,20,26H,8,18-19H2,1-7H3,(H,35,39). The second-order valence-corrected chi connectivity index (χ2v) is 13.1. The van der Waals surface area contributed by atoms with Crippen LogP contribution in [0.3, 0.4) is 0 Å². The summed E-state index contributed by atoms with van der Waals surface area (Å²) < 4.78 is 51.4. The SMILES string of the molecule is CCC(C(=O)NC(C)C)N(Cc1c(Cl)cccc1Cl)C(=O)CN(c1cc(OC)ccc1OC)S(=O)(=O)c1ccc(OC)c(OC)c1. The minimum absolute atomic E-state index is 0.0281. The van der Waals surface area contributed by atoms with E-state index >= 15 is 0 Å². The molecule has 0 saturated carbocycles. The number of rotatable bonds is 15. The number of amides is 2. The lowest BCUT2D eigenvalue weighted by Crippen LogP contribution is -2.53. The van der Waals surface area contributed by atoms with Gasteiger partial charge in [-0.05, 0) is 56.7 Å². The molecule has 1 unspecified atom stereocenters. The van der Waals surface area contributed by atoms with Gasteiger partial charge in [-0.25, -0.2) is 8.42 Å². The van der Waals surface area contributed by atoms with Crippen molar-refractivity contribution in [1.82, 2.24) is 10.2 Å². The van der Waals surface area contributed by atoms with E-state index in [-0.39, 0.29) is 51.1 Å². The first-order valence-electron chi connectivity index (χ1n) is 14.3. The highest BCUT2D eigenvalue weighted by atomic mass is 35.5. The first-order chi connectivity index (χ1) is 21.8. The molecular weight excluding hydrogens is 657 g/mol. The normalized spacial score (nSPS) is 11.9. The molecule has 0 radical (unpaired) electrons. The minimum atomic E-state index is -4.50. The summed E-state index contributed by atoms with van der Waals surface area (Å²) in [4.78, 5) is 29.0. The second kappa shape index (κ2) is 16.1. The van der Waals surface area contributed by atoms with Crippen LogP contribution in [0.2, 0.25) is 10.0 Å². The van der Waals surface area contributed by atoms with Crippen molar-refractivity contribution in [3.63, 3.8) is 0 Å². The zero-order valence-corrected chi connectivity index (χ0v) is 29.1. The number of ether oxygens (including phenoxy) is 4. The molecule has 1 N–H and O–H groups in total. The maximum Gasteiger partial charge on any atom is 0.265 e. The minimum Gasteiger partial charge on any atom is -0.497 e. The Hall–Kier alpha value is -3.87. The van der Waals surface area contributed by atoms with E-state index in [1.165, 1.54) is 63.7 Å². The lowest BCUT2D eigenvalue weighted by molar-refractivity contribution is -0.140. The van der Waals surface area contributed by atoms with E-state index in [1.807, 2.05) is 0 Å². The maximum absolute atomic E-state index is 14.5. The summed E-state index contributed by atoms with van der Waals surface area (Å²) in [5.41, 5.74) is 0.434. The van der Waals surface area contributed by atoms with Gasteiger partial charge in [-0.15, -0.1) is 0 Å². The highest BCUT2D eigenvalue weighted by molar-refractivity contribution is 7.92. The number of carbonyl (C=O) groups is 2. The van der Waals surface area contributed by atoms with Crippen molar-refractivity contribution in [2.75, 3.05) is 39.3 Å². The van der Waals surface area contributed by atoms with Crippen molar-refractivity contribution in [3.05, 3.63) is 70.2 Å². The topological polar surface area (TPSA) is 124 Å². The third-order valence-electron chi connectivity index (χ3n) is 7.08. The number of benzene rings is 3. The number of anilines is 1. The average Bonchev–Trinajstić information content (AvgIpc) is 3.03. The molecule has 0 aliphatic carbocycles. The Balaban J connectivity index is 2.24. The Morgan fingerprint density at radius 2 is 1.46 bits per heavy atom. The van der Waals surface area contributed by atoms with Crippen molar-refractivity contribution in [3.8, 4) is 23.0 Å². The summed E-state index contributed by atoms with van der Waals surface area (Å²) in [6.45, 7) is 4.46. The van der Waals surface area contributed by atoms with Crippen LogP contribution in [0.15, 0.2) is 59.5 Å². The molecule has 0 aliphatic heterocycles. The van der Waals surface area contributed by atoms with Gasteiger partial charge in [-0.3, -0.25) is 13.9 Å². The largest absolute Gasteiger partial charge is 0.497 e. The van der Waals surface area contributed by atoms with Gasteiger partial charge < -0.3 is 29.2 Å². The van der Waals surface area contributed by atoms with Crippen LogP contribution in [0.5, 0.6) is 23.0 Å². The van der Waals surface area contributed by atoms with Crippen molar-refractivity contribution in [1.29, 1.82) is 0 Å². The van der Waals surface area contributed by atoms with Gasteiger partial charge in [-0.2, -0.15) is 0 Å². The van der Waals surface area contributed by atoms with Crippen LogP contribution < -0.4 is 28.6 Å². The molecule has 46 heavy (non-hydrogen) atoms. The predicted octanol–water partition coefficient (Wildman–Crippen LogP) is 5.56. The Labute approximate surface area is 280 Å². The fourth-order valence-corrected chi connectivity index (χ4v) is 6.71. The number of methoxy groups -OCH3 is 4. The average molecular weight is 697 g/mol. The van der Waals surface area contributed by atoms with Gasteiger partial charge in [0.05, 0.1) is 39.0 Å². The third kappa shape index (κ3) is 8.28. The number of nitrogens with one attached hydrogen (secondary N) is 1. The summed E-state index contributed by atoms with van der Waals surface area (Å²) >= 11 is 13.0. The highest BCUT2D eigenvalue weighted by Crippen LogP contribution is 2.38. The summed E-state index contributed by atoms with van der Waals surface area (Å²) in [5.74, 6) is -0.161. The second-order valence-electron chi connectivity index (χ2n) is 10.4. The van der Waals surface area contributed by atoms with Gasteiger partial charge in [0.1, 0.15) is 24.1 Å². The summed E-state index contributed by atoms with van der Waals surface area (Å²) in [6.07, 6.45) is 0.220. The van der Waals surface area contributed by atoms with Gasteiger partial charge in [0, 0.05) is 40.3 Å². The Kier molecular flexibility index (Phi) is 12.8. The molecule has 250 valence electrons. The molecule has 0 aromatic heterocycles. The van der Waals surface area contributed by atoms with E-state index in [4.69, 9.17) is 42.1 Å². The summed E-state index contributed by atoms with van der Waals surface area (Å²) in [6, 6.07) is 12.4. The Morgan fingerprint density at radius 3 is 2.00 bits per heavy atom. The van der Waals surface area contributed by atoms with Crippen molar-refractivity contribution < 1.29 is 37.0 Å². The first kappa shape index (κ1) is 36.6. The van der Waals surface area contributed by atoms with Crippen LogP contribution in [0.1, 0.15) is 32.8 Å². The number of carbonyl (C=O) groups excluding carboxylic acids is 2. The smallest absolute Gasteiger partial charge is 0.265 e. The molecule has 2 amide bonds. The summed E-state index contributed by atoms with van der Waals surface area (Å²) in [5, 5.41) is 3.42. The maximum atomic E-state index is 14.5. The molecule has 0 bridgehead atoms. The van der Waals surface area contributed by atoms with E-state index < -0.39 is 34.4 Å². The molecule has 0 saturated heterocycles. The van der Waals surface area contributed by atoms with Crippen LogP contribution in [0.4, 0.5) is 5.69 Å². The molecule has 0 spiro atoms. The highest BCUT2D eigenvalue weighted by Gasteiger charge is 2.36. The van der Waals surface area contributed by atoms with Gasteiger partial charge in [0.2, 0.25) is 11.8 Å². The van der Waals surface area contributed by atoms with Crippen molar-refractivity contribution >= 4 is 50.7 Å². The van der Waals surface area contributed by atoms with Crippen molar-refractivity contribution in [2.45, 2.75) is 50.7 Å². The van der Waals surface area contributed by atoms with Gasteiger partial charge in [0.25, 0.3) is 10.0 Å². The molecule has 3 aromatic carbocycles. The lowest BCUT2D eigenvalue weighted by Gasteiger charge is -2.34. The number of halogens is 2. The van der Waals surface area contributed by atoms with Crippen LogP contribution >= 0.6 is 23.2 Å². The zero-order valence-electron chi connectivity index (χ0n) is 26.8. The zero-order chi connectivity index (χ0) is 34.2. The van der Waals surface area contributed by atoms with Crippen LogP contribution in [0, 0.1) is 0 Å². The third-order valence-corrected chi connectivity index (χ3v) is 9.55. The first-order valence-corrected chi connectivity index (χ1v) is 16.5. The molecule has 11 nitrogen and oxygen atoms in total. The predicted molar refractivity (Wildman–Crippen MR) is 178 cm³/mol. The Morgan fingerprint density at radius 1 is 0.848 bits per heavy atom. The lowest BCUT2D eigenvalue weighted by atomic mass is 10.1. The van der Waals surface area contributed by atoms with E-state index in [0.717, 1.165) is 4.31 Å². The van der Waals surface area contributed by atoms with Gasteiger partial charge in [-0.1, -0.05) is 36.2 Å². The monoisotopic (exact) mass is 695 g/mol. The van der Waals surface area contributed by atoms with Crippen LogP contribution in [0.25, 0.3) is 0 Å². The molecule has 0 aliphatic rings. The fourth-order valence-electron chi connectivity index (χ4n) is 4.76. The molecule has 0 fully saturated rings. The van der Waals surface area contributed by atoms with E-state index in [1.54, 1.807) is 45.0 Å². The molecule has 3 aromatic rings. The van der Waals surface area contributed by atoms with Gasteiger partial charge >= 0.3 is 0 Å². The van der Waals surface area contributed by atoms with Crippen molar-refractivity contribution in [2.24, 2.45) is 0 Å². The van der Waals surface area contributed by atoms with Crippen LogP contribution in [-0.4, -0.2) is 72.2 Å². The quantitative estimate of drug-likeness (QED) is 0.219. The molecule has 3 rings (SSSR count). The fraction of sp³-hybridized carbons (Fsp3) is 0.375. The van der Waals surface area contributed by atoms with E-state index in [9.17, 15) is 18.0 Å². The van der Waals surface area contributed by atoms with Crippen LogP contribution in [-0.2, 0) is 26.2 Å². The van der Waals surface area contributed by atoms with E-state index in [2.05, 4.69) is 5.32 Å². The molecular formula is C32H39Cl2N3O8S. The summed E-state index contributed by atoms with van der Waals surface area (Å²) in [7, 11) is 1.12. The molecule has 1 atom stereocenters. The van der Waals surface area contributed by atoms with E-state index in [0.29, 0.717) is 17.1 Å².